The lowest BCUT2D eigenvalue weighted by atomic mass is 10.0. The lowest BCUT2D eigenvalue weighted by Crippen LogP contribution is -2.03. The largest absolute Gasteiger partial charge is 0.494 e. The maximum atomic E-state index is 9.40. The summed E-state index contributed by atoms with van der Waals surface area (Å²) in [5.74, 6) is 1.67. The van der Waals surface area contributed by atoms with Crippen LogP contribution in [0.4, 0.5) is 0 Å². The second-order valence-corrected chi connectivity index (χ2v) is 4.64. The predicted molar refractivity (Wildman–Crippen MR) is 64.5 cm³/mol. The van der Waals surface area contributed by atoms with Gasteiger partial charge in [0, 0.05) is 0 Å². The molecule has 1 saturated carbocycles. The van der Waals surface area contributed by atoms with Gasteiger partial charge >= 0.3 is 0 Å². The Hall–Kier alpha value is -1.02. The summed E-state index contributed by atoms with van der Waals surface area (Å²) in [5.41, 5.74) is 0. The third-order valence-electron chi connectivity index (χ3n) is 3.28. The number of para-hydroxylation sites is 1. The molecule has 88 valence electrons. The molecule has 1 fully saturated rings. The van der Waals surface area contributed by atoms with Crippen molar-refractivity contribution in [2.24, 2.45) is 5.92 Å². The molecule has 1 N–H and O–H groups in total. The first-order valence-electron chi connectivity index (χ1n) is 6.20. The van der Waals surface area contributed by atoms with Crippen molar-refractivity contribution in [1.29, 1.82) is 0 Å². The Labute approximate surface area is 97.3 Å². The van der Waals surface area contributed by atoms with Gasteiger partial charge in [0.05, 0.1) is 12.7 Å². The fourth-order valence-corrected chi connectivity index (χ4v) is 2.39. The molecule has 0 radical (unpaired) electrons. The second kappa shape index (κ2) is 5.90. The van der Waals surface area contributed by atoms with Crippen molar-refractivity contribution >= 4 is 0 Å². The fourth-order valence-electron chi connectivity index (χ4n) is 2.39. The van der Waals surface area contributed by atoms with Crippen molar-refractivity contribution in [3.63, 3.8) is 0 Å². The molecule has 0 heterocycles. The van der Waals surface area contributed by atoms with E-state index in [-0.39, 0.29) is 6.10 Å². The van der Waals surface area contributed by atoms with Crippen molar-refractivity contribution in [3.8, 4) is 5.75 Å². The summed E-state index contributed by atoms with van der Waals surface area (Å²) in [6, 6.07) is 9.94. The van der Waals surface area contributed by atoms with Gasteiger partial charge in [-0.3, -0.25) is 0 Å². The number of rotatable bonds is 5. The molecule has 2 heteroatoms. The minimum absolute atomic E-state index is 0.0416. The first kappa shape index (κ1) is 11.5. The van der Waals surface area contributed by atoms with Crippen LogP contribution in [0.3, 0.4) is 0 Å². The van der Waals surface area contributed by atoms with E-state index >= 15 is 0 Å². The van der Waals surface area contributed by atoms with Crippen LogP contribution >= 0.6 is 0 Å². The summed E-state index contributed by atoms with van der Waals surface area (Å²) in [6.07, 6.45) is 5.40. The molecular formula is C14H20O2. The maximum Gasteiger partial charge on any atom is 0.119 e. The normalized spacial score (nSPS) is 24.6. The standard InChI is InChI=1S/C14H20O2/c15-13-9-8-12(11-13)5-4-10-16-14-6-2-1-3-7-14/h1-3,6-7,12-13,15H,4-5,8-11H2. The van der Waals surface area contributed by atoms with Crippen molar-refractivity contribution in [2.75, 3.05) is 6.61 Å². The molecule has 0 amide bonds. The first-order valence-corrected chi connectivity index (χ1v) is 6.20. The predicted octanol–water partition coefficient (Wildman–Crippen LogP) is 3.01. The molecule has 1 aliphatic carbocycles. The number of benzene rings is 1. The van der Waals surface area contributed by atoms with Gasteiger partial charge in [-0.1, -0.05) is 18.2 Å². The van der Waals surface area contributed by atoms with Crippen molar-refractivity contribution in [3.05, 3.63) is 30.3 Å². The molecular weight excluding hydrogens is 200 g/mol. The van der Waals surface area contributed by atoms with Crippen LogP contribution in [-0.4, -0.2) is 17.8 Å². The van der Waals surface area contributed by atoms with Crippen LogP contribution in [0.15, 0.2) is 30.3 Å². The SMILES string of the molecule is OC1CCC(CCCOc2ccccc2)C1. The smallest absolute Gasteiger partial charge is 0.119 e. The second-order valence-electron chi connectivity index (χ2n) is 4.64. The van der Waals surface area contributed by atoms with E-state index in [0.717, 1.165) is 37.5 Å². The van der Waals surface area contributed by atoms with E-state index in [9.17, 15) is 5.11 Å². The van der Waals surface area contributed by atoms with Crippen LogP contribution in [0.1, 0.15) is 32.1 Å². The Morgan fingerprint density at radius 1 is 1.19 bits per heavy atom. The van der Waals surface area contributed by atoms with Crippen LogP contribution in [0, 0.1) is 5.92 Å². The van der Waals surface area contributed by atoms with Crippen LogP contribution < -0.4 is 4.74 Å². The molecule has 1 aromatic carbocycles. The highest BCUT2D eigenvalue weighted by atomic mass is 16.5. The highest BCUT2D eigenvalue weighted by Crippen LogP contribution is 2.28. The summed E-state index contributed by atoms with van der Waals surface area (Å²) >= 11 is 0. The van der Waals surface area contributed by atoms with E-state index in [1.807, 2.05) is 30.3 Å². The molecule has 1 aromatic rings. The monoisotopic (exact) mass is 220 g/mol. The molecule has 0 bridgehead atoms. The van der Waals surface area contributed by atoms with Crippen LogP contribution in [0.25, 0.3) is 0 Å². The fraction of sp³-hybridized carbons (Fsp3) is 0.571. The number of ether oxygens (including phenoxy) is 1. The highest BCUT2D eigenvalue weighted by Gasteiger charge is 2.21. The van der Waals surface area contributed by atoms with E-state index < -0.39 is 0 Å². The third-order valence-corrected chi connectivity index (χ3v) is 3.28. The summed E-state index contributed by atoms with van der Waals surface area (Å²) in [4.78, 5) is 0. The molecule has 16 heavy (non-hydrogen) atoms. The third kappa shape index (κ3) is 3.53. The van der Waals surface area contributed by atoms with Crippen LogP contribution in [-0.2, 0) is 0 Å². The number of aliphatic hydroxyl groups excluding tert-OH is 1. The van der Waals surface area contributed by atoms with Gasteiger partial charge in [0.2, 0.25) is 0 Å². The Morgan fingerprint density at radius 3 is 2.69 bits per heavy atom. The average Bonchev–Trinajstić information content (AvgIpc) is 2.72. The molecule has 0 saturated heterocycles. The minimum Gasteiger partial charge on any atom is -0.494 e. The van der Waals surface area contributed by atoms with Crippen molar-refractivity contribution in [1.82, 2.24) is 0 Å². The van der Waals surface area contributed by atoms with Crippen LogP contribution in [0.2, 0.25) is 0 Å². The summed E-state index contributed by atoms with van der Waals surface area (Å²) in [5, 5.41) is 9.40. The Balaban J connectivity index is 1.59. The Bertz CT molecular complexity index is 297. The van der Waals surface area contributed by atoms with Crippen molar-refractivity contribution < 1.29 is 9.84 Å². The average molecular weight is 220 g/mol. The van der Waals surface area contributed by atoms with Gasteiger partial charge in [-0.2, -0.15) is 0 Å². The lowest BCUT2D eigenvalue weighted by Gasteiger charge is -2.09. The molecule has 0 spiro atoms. The highest BCUT2D eigenvalue weighted by molar-refractivity contribution is 5.20. The van der Waals surface area contributed by atoms with Gasteiger partial charge in [0.1, 0.15) is 5.75 Å². The summed E-state index contributed by atoms with van der Waals surface area (Å²) < 4.78 is 5.63. The topological polar surface area (TPSA) is 29.5 Å². The number of hydrogen-bond acceptors (Lipinski definition) is 2. The van der Waals surface area contributed by atoms with Gasteiger partial charge in [0.15, 0.2) is 0 Å². The number of aliphatic hydroxyl groups is 1. The number of hydrogen-bond donors (Lipinski definition) is 1. The van der Waals surface area contributed by atoms with Gasteiger partial charge in [-0.15, -0.1) is 0 Å². The quantitative estimate of drug-likeness (QED) is 0.773. The zero-order valence-electron chi connectivity index (χ0n) is 9.64. The lowest BCUT2D eigenvalue weighted by molar-refractivity contribution is 0.175. The van der Waals surface area contributed by atoms with Gasteiger partial charge in [-0.05, 0) is 50.2 Å². The molecule has 1 aliphatic rings. The first-order chi connectivity index (χ1) is 7.84. The molecule has 2 rings (SSSR count). The van der Waals surface area contributed by atoms with E-state index in [1.165, 1.54) is 12.8 Å². The van der Waals surface area contributed by atoms with Crippen molar-refractivity contribution in [2.45, 2.75) is 38.2 Å². The molecule has 0 aromatic heterocycles. The van der Waals surface area contributed by atoms with Gasteiger partial charge < -0.3 is 9.84 Å². The zero-order valence-corrected chi connectivity index (χ0v) is 9.64. The van der Waals surface area contributed by atoms with E-state index in [0.29, 0.717) is 0 Å². The minimum atomic E-state index is -0.0416. The Kier molecular flexibility index (Phi) is 4.23. The van der Waals surface area contributed by atoms with E-state index in [4.69, 9.17) is 4.74 Å². The molecule has 2 atom stereocenters. The molecule has 2 nitrogen and oxygen atoms in total. The summed E-state index contributed by atoms with van der Waals surface area (Å²) in [6.45, 7) is 0.788. The van der Waals surface area contributed by atoms with Gasteiger partial charge in [-0.25, -0.2) is 0 Å². The molecule has 0 aliphatic heterocycles. The summed E-state index contributed by atoms with van der Waals surface area (Å²) in [7, 11) is 0. The zero-order chi connectivity index (χ0) is 11.2. The van der Waals surface area contributed by atoms with E-state index in [2.05, 4.69) is 0 Å². The Morgan fingerprint density at radius 2 is 2.00 bits per heavy atom. The van der Waals surface area contributed by atoms with Gasteiger partial charge in [0.25, 0.3) is 0 Å². The van der Waals surface area contributed by atoms with E-state index in [1.54, 1.807) is 0 Å². The van der Waals surface area contributed by atoms with Crippen LogP contribution in [0.5, 0.6) is 5.75 Å². The molecule has 2 unspecified atom stereocenters. The maximum absolute atomic E-state index is 9.40.